The highest BCUT2D eigenvalue weighted by atomic mass is 16.3. The van der Waals surface area contributed by atoms with Gasteiger partial charge in [0.25, 0.3) is 0 Å². The van der Waals surface area contributed by atoms with Gasteiger partial charge in [-0.1, -0.05) is 0 Å². The maximum absolute atomic E-state index is 9.43. The quantitative estimate of drug-likeness (QED) is 0.330. The van der Waals surface area contributed by atoms with Gasteiger partial charge >= 0.3 is 0 Å². The molecule has 6 nitrogen and oxygen atoms in total. The Morgan fingerprint density at radius 1 is 1.23 bits per heavy atom. The van der Waals surface area contributed by atoms with E-state index in [1.807, 2.05) is 0 Å². The molecule has 0 unspecified atom stereocenters. The zero-order chi connectivity index (χ0) is 15.9. The topological polar surface area (TPSA) is 115 Å². The number of aromatic nitrogens is 1. The number of allylic oxidation sites excluding steroid dienone is 1. The van der Waals surface area contributed by atoms with Crippen LogP contribution in [0.3, 0.4) is 0 Å². The molecular formula is C16H16N4O2. The van der Waals surface area contributed by atoms with Gasteiger partial charge in [-0.05, 0) is 29.8 Å². The normalized spacial score (nSPS) is 11.5. The molecule has 1 aromatic heterocycles. The Hall–Kier alpha value is -3.28. The van der Waals surface area contributed by atoms with Crippen LogP contribution in [0.25, 0.3) is 11.6 Å². The van der Waals surface area contributed by atoms with Crippen LogP contribution < -0.4 is 11.1 Å². The zero-order valence-electron chi connectivity index (χ0n) is 11.7. The van der Waals surface area contributed by atoms with Crippen LogP contribution in [0.15, 0.2) is 49.1 Å². The minimum absolute atomic E-state index is 0.173. The Balaban J connectivity index is 2.20. The summed E-state index contributed by atoms with van der Waals surface area (Å²) in [6.07, 6.45) is 9.28. The first-order valence-electron chi connectivity index (χ1n) is 6.47. The van der Waals surface area contributed by atoms with Gasteiger partial charge in [0.1, 0.15) is 0 Å². The second kappa shape index (κ2) is 6.94. The highest BCUT2D eigenvalue weighted by molar-refractivity contribution is 6.09. The van der Waals surface area contributed by atoms with E-state index < -0.39 is 0 Å². The van der Waals surface area contributed by atoms with Crippen molar-refractivity contribution in [2.75, 3.05) is 5.32 Å². The molecule has 6 N–H and O–H groups in total. The summed E-state index contributed by atoms with van der Waals surface area (Å²) in [4.78, 5) is 4.05. The van der Waals surface area contributed by atoms with Crippen molar-refractivity contribution in [3.8, 4) is 11.5 Å². The minimum atomic E-state index is -0.197. The van der Waals surface area contributed by atoms with Gasteiger partial charge in [-0.15, -0.1) is 0 Å². The second-order valence-electron chi connectivity index (χ2n) is 4.41. The van der Waals surface area contributed by atoms with E-state index in [4.69, 9.17) is 11.1 Å². The number of pyridine rings is 1. The Labute approximate surface area is 127 Å². The van der Waals surface area contributed by atoms with Gasteiger partial charge in [-0.3, -0.25) is 4.98 Å². The minimum Gasteiger partial charge on any atom is -0.504 e. The molecule has 2 aromatic rings. The van der Waals surface area contributed by atoms with Crippen molar-refractivity contribution in [2.45, 2.75) is 0 Å². The summed E-state index contributed by atoms with van der Waals surface area (Å²) in [6, 6.07) is 6.21. The lowest BCUT2D eigenvalue weighted by atomic mass is 10.0. The van der Waals surface area contributed by atoms with Crippen molar-refractivity contribution < 1.29 is 10.2 Å². The third-order valence-corrected chi connectivity index (χ3v) is 2.99. The molecule has 0 saturated carbocycles. The van der Waals surface area contributed by atoms with Crippen molar-refractivity contribution in [2.24, 2.45) is 5.73 Å². The molecule has 0 aliphatic rings. The highest BCUT2D eigenvalue weighted by Crippen LogP contribution is 2.27. The number of hydrogen-bond donors (Lipinski definition) is 5. The van der Waals surface area contributed by atoms with E-state index >= 15 is 0 Å². The molecule has 112 valence electrons. The van der Waals surface area contributed by atoms with Crippen molar-refractivity contribution >= 4 is 23.6 Å². The summed E-state index contributed by atoms with van der Waals surface area (Å²) in [7, 11) is 0. The summed E-state index contributed by atoms with van der Waals surface area (Å²) < 4.78 is 0. The summed E-state index contributed by atoms with van der Waals surface area (Å²) in [5, 5.41) is 29.0. The number of phenolic OH excluding ortho intramolecular Hbond substituents is 2. The average Bonchev–Trinajstić information content (AvgIpc) is 2.53. The van der Waals surface area contributed by atoms with Crippen LogP contribution in [0.5, 0.6) is 11.5 Å². The van der Waals surface area contributed by atoms with Crippen LogP contribution in [-0.2, 0) is 0 Å². The predicted octanol–water partition coefficient (Wildman–Crippen LogP) is 2.52. The van der Waals surface area contributed by atoms with E-state index in [2.05, 4.69) is 10.3 Å². The van der Waals surface area contributed by atoms with Crippen molar-refractivity contribution in [3.05, 3.63) is 60.2 Å². The molecule has 2 rings (SSSR count). The number of aromatic hydroxyl groups is 2. The van der Waals surface area contributed by atoms with E-state index in [1.54, 1.807) is 36.8 Å². The molecule has 0 saturated heterocycles. The molecule has 22 heavy (non-hydrogen) atoms. The van der Waals surface area contributed by atoms with Crippen LogP contribution in [0.2, 0.25) is 0 Å². The van der Waals surface area contributed by atoms with Gasteiger partial charge in [0.15, 0.2) is 11.5 Å². The van der Waals surface area contributed by atoms with Crippen LogP contribution in [0.1, 0.15) is 11.1 Å². The van der Waals surface area contributed by atoms with E-state index in [1.165, 1.54) is 24.5 Å². The third kappa shape index (κ3) is 3.43. The standard InChI is InChI=1S/C16H16N4O2/c17-8-12(9-18)14-4-5-19-10-11(14)3-6-20-13-1-2-15(21)16(22)7-13/h1-10,17,20-22H,18H2/b6-3+,12-9+,17-8?. The monoisotopic (exact) mass is 296 g/mol. The van der Waals surface area contributed by atoms with Crippen LogP contribution in [0.4, 0.5) is 5.69 Å². The number of nitrogens with zero attached hydrogens (tertiary/aromatic N) is 1. The summed E-state index contributed by atoms with van der Waals surface area (Å²) in [5.74, 6) is -0.370. The Bertz CT molecular complexity index is 739. The molecule has 0 aliphatic carbocycles. The van der Waals surface area contributed by atoms with Crippen LogP contribution >= 0.6 is 0 Å². The van der Waals surface area contributed by atoms with E-state index in [0.717, 1.165) is 11.1 Å². The first-order chi connectivity index (χ1) is 10.7. The molecule has 6 heteroatoms. The lowest BCUT2D eigenvalue weighted by Crippen LogP contribution is -1.95. The lowest BCUT2D eigenvalue weighted by Gasteiger charge is -2.06. The molecule has 0 atom stereocenters. The average molecular weight is 296 g/mol. The van der Waals surface area contributed by atoms with Gasteiger partial charge in [0.2, 0.25) is 0 Å². The number of hydrogen-bond acceptors (Lipinski definition) is 6. The van der Waals surface area contributed by atoms with E-state index in [-0.39, 0.29) is 11.5 Å². The number of benzene rings is 1. The highest BCUT2D eigenvalue weighted by Gasteiger charge is 2.03. The van der Waals surface area contributed by atoms with Crippen molar-refractivity contribution in [1.29, 1.82) is 5.41 Å². The third-order valence-electron chi connectivity index (χ3n) is 2.99. The Morgan fingerprint density at radius 3 is 2.73 bits per heavy atom. The maximum atomic E-state index is 9.43. The SMILES string of the molecule is N=C/C(=C\N)c1ccncc1/C=C/Nc1ccc(O)c(O)c1. The number of nitrogens with one attached hydrogen (secondary N) is 2. The predicted molar refractivity (Wildman–Crippen MR) is 87.6 cm³/mol. The van der Waals surface area contributed by atoms with Gasteiger partial charge in [-0.2, -0.15) is 0 Å². The van der Waals surface area contributed by atoms with E-state index in [9.17, 15) is 10.2 Å². The number of anilines is 1. The fraction of sp³-hybridized carbons (Fsp3) is 0. The summed E-state index contributed by atoms with van der Waals surface area (Å²) in [5.41, 5.74) is 8.30. The van der Waals surface area contributed by atoms with Crippen LogP contribution in [-0.4, -0.2) is 21.4 Å². The zero-order valence-corrected chi connectivity index (χ0v) is 11.7. The smallest absolute Gasteiger partial charge is 0.159 e. The maximum Gasteiger partial charge on any atom is 0.159 e. The Kier molecular flexibility index (Phi) is 4.77. The second-order valence-corrected chi connectivity index (χ2v) is 4.41. The fourth-order valence-electron chi connectivity index (χ4n) is 1.86. The van der Waals surface area contributed by atoms with Gasteiger partial charge in [-0.25, -0.2) is 0 Å². The molecule has 0 amide bonds. The van der Waals surface area contributed by atoms with E-state index in [0.29, 0.717) is 11.3 Å². The largest absolute Gasteiger partial charge is 0.504 e. The molecular weight excluding hydrogens is 280 g/mol. The lowest BCUT2D eigenvalue weighted by molar-refractivity contribution is 0.404. The van der Waals surface area contributed by atoms with Crippen LogP contribution in [0, 0.1) is 5.41 Å². The van der Waals surface area contributed by atoms with Gasteiger partial charge in [0.05, 0.1) is 0 Å². The van der Waals surface area contributed by atoms with Crippen molar-refractivity contribution in [3.63, 3.8) is 0 Å². The molecule has 1 aromatic carbocycles. The van der Waals surface area contributed by atoms with Crippen molar-refractivity contribution in [1.82, 2.24) is 4.98 Å². The molecule has 0 bridgehead atoms. The van der Waals surface area contributed by atoms with Gasteiger partial charge in [0, 0.05) is 53.9 Å². The summed E-state index contributed by atoms with van der Waals surface area (Å²) >= 11 is 0. The first kappa shape index (κ1) is 15.1. The fourth-order valence-corrected chi connectivity index (χ4v) is 1.86. The molecule has 0 aliphatic heterocycles. The number of nitrogens with two attached hydrogens (primary N) is 1. The first-order valence-corrected chi connectivity index (χ1v) is 6.47. The molecule has 0 spiro atoms. The number of rotatable bonds is 5. The molecule has 0 fully saturated rings. The molecule has 0 radical (unpaired) electrons. The van der Waals surface area contributed by atoms with Gasteiger partial charge < -0.3 is 26.7 Å². The molecule has 1 heterocycles. The summed E-state index contributed by atoms with van der Waals surface area (Å²) in [6.45, 7) is 0. The Morgan fingerprint density at radius 2 is 2.05 bits per heavy atom. The number of phenols is 2.